The Morgan fingerprint density at radius 2 is 2.03 bits per heavy atom. The molecule has 0 radical (unpaired) electrons. The molecular formula is C29H32N8O. The highest BCUT2D eigenvalue weighted by Crippen LogP contribution is 2.32. The third kappa shape index (κ3) is 5.28. The van der Waals surface area contributed by atoms with Gasteiger partial charge in [0.1, 0.15) is 0 Å². The van der Waals surface area contributed by atoms with Crippen molar-refractivity contribution in [1.29, 1.82) is 0 Å². The first-order valence-corrected chi connectivity index (χ1v) is 12.3. The minimum atomic E-state index is -2.33. The van der Waals surface area contributed by atoms with Gasteiger partial charge < -0.3 is 20.1 Å². The molecular weight excluding hydrogens is 476 g/mol. The molecule has 0 spiro atoms. The van der Waals surface area contributed by atoms with Crippen LogP contribution in [-0.2, 0) is 18.3 Å². The van der Waals surface area contributed by atoms with E-state index in [4.69, 9.17) is 9.10 Å². The molecule has 0 unspecified atom stereocenters. The molecule has 1 amide bonds. The molecule has 0 bridgehead atoms. The van der Waals surface area contributed by atoms with Crippen molar-refractivity contribution in [3.8, 4) is 11.3 Å². The molecule has 0 aliphatic heterocycles. The maximum Gasteiger partial charge on any atom is 0.248 e. The Labute approximate surface area is 226 Å². The van der Waals surface area contributed by atoms with Crippen LogP contribution in [0.3, 0.4) is 0 Å². The predicted molar refractivity (Wildman–Crippen MR) is 154 cm³/mol. The number of likely N-dealkylation sites (N-methyl/N-ethyl adjacent to an activating group) is 1. The molecule has 2 N–H and O–H groups in total. The summed E-state index contributed by atoms with van der Waals surface area (Å²) in [6, 6.07) is 12.9. The zero-order valence-corrected chi connectivity index (χ0v) is 21.9. The molecule has 0 fully saturated rings. The summed E-state index contributed by atoms with van der Waals surface area (Å²) in [7, 11) is 4.00. The van der Waals surface area contributed by atoms with Gasteiger partial charge in [0.2, 0.25) is 11.9 Å². The van der Waals surface area contributed by atoms with Gasteiger partial charge in [-0.3, -0.25) is 9.48 Å². The van der Waals surface area contributed by atoms with Gasteiger partial charge in [0, 0.05) is 63.6 Å². The van der Waals surface area contributed by atoms with Crippen LogP contribution < -0.4 is 10.6 Å². The lowest BCUT2D eigenvalue weighted by Gasteiger charge is -2.14. The van der Waals surface area contributed by atoms with Crippen LogP contribution in [0.4, 0.5) is 17.3 Å². The molecule has 38 heavy (non-hydrogen) atoms. The predicted octanol–water partition coefficient (Wildman–Crippen LogP) is 5.19. The van der Waals surface area contributed by atoms with Gasteiger partial charge in [-0.1, -0.05) is 23.8 Å². The number of aromatic nitrogens is 5. The van der Waals surface area contributed by atoms with Crippen LogP contribution in [0.25, 0.3) is 33.1 Å². The smallest absolute Gasteiger partial charge is 0.248 e. The number of allylic oxidation sites excluding steroid dienone is 1. The molecule has 5 rings (SSSR count). The molecule has 3 aromatic heterocycles. The zero-order valence-electron chi connectivity index (χ0n) is 24.9. The van der Waals surface area contributed by atoms with Crippen molar-refractivity contribution in [2.45, 2.75) is 20.4 Å². The minimum Gasteiger partial charge on any atom is -0.350 e. The van der Waals surface area contributed by atoms with Crippen LogP contribution in [0.15, 0.2) is 72.7 Å². The van der Waals surface area contributed by atoms with Crippen molar-refractivity contribution in [2.24, 2.45) is 6.98 Å². The third-order valence-corrected chi connectivity index (χ3v) is 6.07. The highest BCUT2D eigenvalue weighted by atomic mass is 16.1. The number of nitrogens with one attached hydrogen (secondary N) is 2. The van der Waals surface area contributed by atoms with Gasteiger partial charge in [-0.15, -0.1) is 0 Å². The monoisotopic (exact) mass is 511 g/mol. The number of hydrogen-bond acceptors (Lipinski definition) is 6. The molecule has 0 atom stereocenters. The summed E-state index contributed by atoms with van der Waals surface area (Å²) in [5.74, 6) is 0.0989. The number of para-hydroxylation sites is 1. The lowest BCUT2D eigenvalue weighted by atomic mass is 10.1. The van der Waals surface area contributed by atoms with E-state index in [1.54, 1.807) is 36.8 Å². The van der Waals surface area contributed by atoms with E-state index in [9.17, 15) is 4.79 Å². The molecule has 194 valence electrons. The lowest BCUT2D eigenvalue weighted by Crippen LogP contribution is -2.19. The van der Waals surface area contributed by atoms with Crippen LogP contribution in [0.2, 0.25) is 0 Å². The van der Waals surface area contributed by atoms with E-state index in [0.29, 0.717) is 40.6 Å². The van der Waals surface area contributed by atoms with Crippen molar-refractivity contribution < 1.29 is 8.91 Å². The first-order chi connectivity index (χ1) is 19.5. The van der Waals surface area contributed by atoms with Gasteiger partial charge in [-0.25, -0.2) is 9.97 Å². The van der Waals surface area contributed by atoms with E-state index in [-0.39, 0.29) is 5.91 Å². The molecule has 0 aliphatic carbocycles. The summed E-state index contributed by atoms with van der Waals surface area (Å²) in [5, 5.41) is 12.4. The standard InChI is InChI=1S/C29H32N8O/c1-19(2)14-27(38)33-25-16-21(15-20-17-31-37(28(20)25)13-12-35(3)4)32-29-30-11-10-24(34-29)23-18-36(5)26-9-7-6-8-22(23)26/h6-11,14-18H,12-13H2,1-5H3,(H,33,38)(H,30,32,34)/i5D3. The highest BCUT2D eigenvalue weighted by molar-refractivity contribution is 6.06. The Hall–Kier alpha value is -4.50. The van der Waals surface area contributed by atoms with E-state index in [0.717, 1.165) is 28.4 Å². The second kappa shape index (κ2) is 10.5. The number of nitrogens with zero attached hydrogens (tertiary/aromatic N) is 6. The lowest BCUT2D eigenvalue weighted by molar-refractivity contribution is -0.111. The number of anilines is 3. The van der Waals surface area contributed by atoms with Crippen molar-refractivity contribution >= 4 is 45.0 Å². The van der Waals surface area contributed by atoms with Crippen molar-refractivity contribution in [1.82, 2.24) is 29.2 Å². The highest BCUT2D eigenvalue weighted by Gasteiger charge is 2.15. The molecule has 2 aromatic carbocycles. The number of carbonyl (C=O) groups excluding carboxylic acids is 1. The van der Waals surface area contributed by atoms with Gasteiger partial charge in [-0.05, 0) is 52.2 Å². The Morgan fingerprint density at radius 1 is 1.18 bits per heavy atom. The summed E-state index contributed by atoms with van der Waals surface area (Å²) in [4.78, 5) is 23.9. The molecule has 3 heterocycles. The summed E-state index contributed by atoms with van der Waals surface area (Å²) >= 11 is 0. The van der Waals surface area contributed by atoms with Crippen molar-refractivity contribution in [3.05, 3.63) is 72.7 Å². The minimum absolute atomic E-state index is 0.229. The Bertz CT molecular complexity index is 1760. The number of rotatable bonds is 8. The SMILES string of the molecule is [2H]C([2H])([2H])n1cc(-c2ccnc(Nc3cc(NC(=O)C=C(C)C)c4c(cnn4CCN(C)C)c3)n2)c2ccccc21. The largest absolute Gasteiger partial charge is 0.350 e. The summed E-state index contributed by atoms with van der Waals surface area (Å²) < 4.78 is 27.0. The van der Waals surface area contributed by atoms with E-state index >= 15 is 0 Å². The zero-order chi connectivity index (χ0) is 29.3. The van der Waals surface area contributed by atoms with Crippen LogP contribution in [-0.4, -0.2) is 55.8 Å². The Balaban J connectivity index is 1.53. The van der Waals surface area contributed by atoms with E-state index < -0.39 is 6.98 Å². The summed E-state index contributed by atoms with van der Waals surface area (Å²) in [5.41, 5.74) is 4.86. The topological polar surface area (TPSA) is 92.9 Å². The van der Waals surface area contributed by atoms with Gasteiger partial charge in [0.25, 0.3) is 0 Å². The quantitative estimate of drug-likeness (QED) is 0.278. The Morgan fingerprint density at radius 3 is 2.82 bits per heavy atom. The molecule has 9 heteroatoms. The van der Waals surface area contributed by atoms with Crippen molar-refractivity contribution in [2.75, 3.05) is 31.3 Å². The molecule has 5 aromatic rings. The second-order valence-electron chi connectivity index (χ2n) is 9.66. The molecule has 0 saturated heterocycles. The molecule has 0 saturated carbocycles. The van der Waals surface area contributed by atoms with Crippen LogP contribution in [0.5, 0.6) is 0 Å². The van der Waals surface area contributed by atoms with E-state index in [1.165, 1.54) is 4.57 Å². The number of amides is 1. The molecule has 0 aliphatic rings. The number of carbonyl (C=O) groups is 1. The fraction of sp³-hybridized carbons (Fsp3) is 0.241. The van der Waals surface area contributed by atoms with Crippen LogP contribution in [0.1, 0.15) is 18.0 Å². The van der Waals surface area contributed by atoms with Gasteiger partial charge in [0.05, 0.1) is 29.6 Å². The normalized spacial score (nSPS) is 12.8. The maximum atomic E-state index is 12.7. The van der Waals surface area contributed by atoms with E-state index in [2.05, 4.69) is 25.6 Å². The third-order valence-electron chi connectivity index (χ3n) is 6.07. The average molecular weight is 512 g/mol. The Kier molecular flexibility index (Phi) is 5.94. The van der Waals surface area contributed by atoms with Gasteiger partial charge in [-0.2, -0.15) is 5.10 Å². The van der Waals surface area contributed by atoms with Crippen molar-refractivity contribution in [3.63, 3.8) is 0 Å². The van der Waals surface area contributed by atoms with Crippen LogP contribution in [0, 0.1) is 0 Å². The molecule has 9 nitrogen and oxygen atoms in total. The first kappa shape index (κ1) is 21.6. The first-order valence-electron chi connectivity index (χ1n) is 13.8. The fourth-order valence-electron chi connectivity index (χ4n) is 4.38. The average Bonchev–Trinajstić information content (AvgIpc) is 3.49. The van der Waals surface area contributed by atoms with Gasteiger partial charge >= 0.3 is 0 Å². The summed E-state index contributed by atoms with van der Waals surface area (Å²) in [6.07, 6.45) is 6.55. The second-order valence-corrected chi connectivity index (χ2v) is 9.66. The number of aryl methyl sites for hydroxylation is 1. The number of benzene rings is 2. The summed E-state index contributed by atoms with van der Waals surface area (Å²) in [6.45, 7) is 2.86. The van der Waals surface area contributed by atoms with Gasteiger partial charge in [0.15, 0.2) is 0 Å². The maximum absolute atomic E-state index is 12.7. The van der Waals surface area contributed by atoms with E-state index in [1.807, 2.05) is 63.0 Å². The number of hydrogen-bond donors (Lipinski definition) is 2. The fourth-order valence-corrected chi connectivity index (χ4v) is 4.38. The van der Waals surface area contributed by atoms with Crippen LogP contribution >= 0.6 is 0 Å². The number of fused-ring (bicyclic) bond motifs is 2.